The Balaban J connectivity index is 2.06. The number of β-lactam (4-membered cyclic amide) rings is 1. The van der Waals surface area contributed by atoms with Crippen LogP contribution in [0.1, 0.15) is 6.42 Å². The summed E-state index contributed by atoms with van der Waals surface area (Å²) in [5.41, 5.74) is 0.591. The first kappa shape index (κ1) is 11.0. The van der Waals surface area contributed by atoms with Crippen LogP contribution in [-0.4, -0.2) is 40.5 Å². The minimum Gasteiger partial charge on any atom is -0.477 e. The molecule has 0 spiro atoms. The molecule has 2 N–H and O–H groups in total. The predicted molar refractivity (Wildman–Crippen MR) is 59.9 cm³/mol. The fourth-order valence-electron chi connectivity index (χ4n) is 3.11. The SMILES string of the molecule is N#C/C=C/C1=C(C(=O)O)N2C(=O)[C@H]3NC[C@@H](C1)[C@H]32. The molecule has 3 aliphatic rings. The van der Waals surface area contributed by atoms with Crippen LogP contribution in [0.15, 0.2) is 23.4 Å². The maximum Gasteiger partial charge on any atom is 0.352 e. The summed E-state index contributed by atoms with van der Waals surface area (Å²) in [4.78, 5) is 24.5. The molecule has 0 aromatic rings. The van der Waals surface area contributed by atoms with Gasteiger partial charge >= 0.3 is 5.97 Å². The largest absolute Gasteiger partial charge is 0.477 e. The first-order chi connectivity index (χ1) is 8.65. The molecule has 0 unspecified atom stereocenters. The number of nitrogens with zero attached hydrogens (tertiary/aromatic N) is 2. The van der Waals surface area contributed by atoms with Crippen molar-refractivity contribution >= 4 is 11.9 Å². The van der Waals surface area contributed by atoms with Crippen LogP contribution in [0.4, 0.5) is 0 Å². The van der Waals surface area contributed by atoms with E-state index < -0.39 is 5.97 Å². The molecule has 0 saturated carbocycles. The van der Waals surface area contributed by atoms with Gasteiger partial charge < -0.3 is 10.4 Å². The van der Waals surface area contributed by atoms with Crippen molar-refractivity contribution in [1.29, 1.82) is 5.26 Å². The van der Waals surface area contributed by atoms with E-state index in [0.717, 1.165) is 0 Å². The zero-order valence-electron chi connectivity index (χ0n) is 9.46. The number of rotatable bonds is 2. The van der Waals surface area contributed by atoms with E-state index in [4.69, 9.17) is 5.26 Å². The number of carboxylic acid groups (broad SMARTS) is 1. The molecule has 2 fully saturated rings. The third kappa shape index (κ3) is 1.25. The smallest absolute Gasteiger partial charge is 0.352 e. The molecule has 0 bridgehead atoms. The van der Waals surface area contributed by atoms with E-state index in [1.165, 1.54) is 17.1 Å². The average Bonchev–Trinajstić information content (AvgIpc) is 2.74. The zero-order chi connectivity index (χ0) is 12.9. The standard InChI is InChI=1S/C12H11N3O3/c13-3-1-2-6-4-7-5-14-8-9(7)15(11(8)16)10(6)12(17)18/h1-2,7-9,14H,4-5H2,(H,17,18)/b2-1+/t7-,8+,9-/m1/s1. The summed E-state index contributed by atoms with van der Waals surface area (Å²) < 4.78 is 0. The van der Waals surface area contributed by atoms with Crippen LogP contribution in [0.3, 0.4) is 0 Å². The summed E-state index contributed by atoms with van der Waals surface area (Å²) in [6.45, 7) is 0.717. The second-order valence-corrected chi connectivity index (χ2v) is 4.69. The molecule has 6 heteroatoms. The number of carbonyl (C=O) groups is 2. The quantitative estimate of drug-likeness (QED) is 0.510. The number of carboxylic acids is 1. The summed E-state index contributed by atoms with van der Waals surface area (Å²) in [6, 6.07) is 1.60. The van der Waals surface area contributed by atoms with Gasteiger partial charge in [0.15, 0.2) is 0 Å². The minimum atomic E-state index is -1.11. The topological polar surface area (TPSA) is 93.4 Å². The van der Waals surface area contributed by atoms with Crippen molar-refractivity contribution in [2.75, 3.05) is 6.54 Å². The molecule has 1 amide bonds. The van der Waals surface area contributed by atoms with Crippen molar-refractivity contribution in [1.82, 2.24) is 10.2 Å². The summed E-state index contributed by atoms with van der Waals surface area (Å²) in [7, 11) is 0. The molecule has 3 atom stereocenters. The van der Waals surface area contributed by atoms with E-state index in [9.17, 15) is 14.7 Å². The number of hydrogen-bond acceptors (Lipinski definition) is 4. The number of nitrogens with one attached hydrogen (secondary N) is 1. The van der Waals surface area contributed by atoms with Gasteiger partial charge in [-0.25, -0.2) is 4.79 Å². The molecule has 3 aliphatic heterocycles. The van der Waals surface area contributed by atoms with Crippen molar-refractivity contribution in [3.05, 3.63) is 23.4 Å². The lowest BCUT2D eigenvalue weighted by molar-refractivity contribution is -0.153. The lowest BCUT2D eigenvalue weighted by Gasteiger charge is -2.48. The number of carbonyl (C=O) groups excluding carboxylic acids is 1. The fraction of sp³-hybridized carbons (Fsp3) is 0.417. The molecule has 18 heavy (non-hydrogen) atoms. The highest BCUT2D eigenvalue weighted by molar-refractivity contribution is 6.01. The zero-order valence-corrected chi connectivity index (χ0v) is 9.46. The Hall–Kier alpha value is -2.13. The molecule has 0 radical (unpaired) electrons. The third-order valence-corrected chi connectivity index (χ3v) is 3.81. The molecule has 0 aromatic heterocycles. The van der Waals surface area contributed by atoms with Gasteiger partial charge in [0.05, 0.1) is 12.1 Å². The Morgan fingerprint density at radius 3 is 3.06 bits per heavy atom. The minimum absolute atomic E-state index is 0.0252. The van der Waals surface area contributed by atoms with Crippen LogP contribution in [0.25, 0.3) is 0 Å². The molecule has 6 nitrogen and oxygen atoms in total. The first-order valence-corrected chi connectivity index (χ1v) is 5.74. The Morgan fingerprint density at radius 2 is 2.39 bits per heavy atom. The number of nitriles is 1. The predicted octanol–water partition coefficient (Wildman–Crippen LogP) is -0.393. The van der Waals surface area contributed by atoms with Gasteiger partial charge in [-0.1, -0.05) is 0 Å². The summed E-state index contributed by atoms with van der Waals surface area (Å²) in [6.07, 6.45) is 3.35. The molecule has 3 rings (SSSR count). The maximum atomic E-state index is 11.9. The van der Waals surface area contributed by atoms with Crippen LogP contribution in [0, 0.1) is 17.2 Å². The number of hydrogen-bond donors (Lipinski definition) is 2. The number of allylic oxidation sites excluding steroid dienone is 3. The molecular weight excluding hydrogens is 234 g/mol. The Kier molecular flexibility index (Phi) is 2.25. The van der Waals surface area contributed by atoms with Gasteiger partial charge in [0.25, 0.3) is 0 Å². The average molecular weight is 245 g/mol. The molecule has 2 saturated heterocycles. The van der Waals surface area contributed by atoms with Gasteiger partial charge in [-0.05, 0) is 24.0 Å². The molecule has 3 heterocycles. The van der Waals surface area contributed by atoms with E-state index in [-0.39, 0.29) is 29.6 Å². The van der Waals surface area contributed by atoms with E-state index in [1.54, 1.807) is 0 Å². The highest BCUT2D eigenvalue weighted by Crippen LogP contribution is 2.43. The summed E-state index contributed by atoms with van der Waals surface area (Å²) >= 11 is 0. The first-order valence-electron chi connectivity index (χ1n) is 5.74. The van der Waals surface area contributed by atoms with Gasteiger partial charge in [-0.2, -0.15) is 5.26 Å². The summed E-state index contributed by atoms with van der Waals surface area (Å²) in [5, 5.41) is 20.9. The monoisotopic (exact) mass is 245 g/mol. The Bertz CT molecular complexity index is 543. The normalized spacial score (nSPS) is 33.4. The van der Waals surface area contributed by atoms with Crippen molar-refractivity contribution in [3.8, 4) is 6.07 Å². The molecule has 92 valence electrons. The van der Waals surface area contributed by atoms with E-state index in [2.05, 4.69) is 5.32 Å². The van der Waals surface area contributed by atoms with E-state index >= 15 is 0 Å². The fourth-order valence-corrected chi connectivity index (χ4v) is 3.11. The second-order valence-electron chi connectivity index (χ2n) is 4.69. The maximum absolute atomic E-state index is 11.9. The molecule has 0 aromatic carbocycles. The van der Waals surface area contributed by atoms with Crippen LogP contribution >= 0.6 is 0 Å². The highest BCUT2D eigenvalue weighted by atomic mass is 16.4. The highest BCUT2D eigenvalue weighted by Gasteiger charge is 2.59. The number of amides is 1. The van der Waals surface area contributed by atoms with Crippen molar-refractivity contribution in [2.45, 2.75) is 18.5 Å². The van der Waals surface area contributed by atoms with Crippen LogP contribution < -0.4 is 5.32 Å². The lowest BCUT2D eigenvalue weighted by Crippen LogP contribution is -2.68. The Morgan fingerprint density at radius 1 is 1.61 bits per heavy atom. The van der Waals surface area contributed by atoms with Crippen LogP contribution in [0.5, 0.6) is 0 Å². The van der Waals surface area contributed by atoms with Crippen molar-refractivity contribution in [2.24, 2.45) is 5.92 Å². The van der Waals surface area contributed by atoms with Crippen LogP contribution in [0.2, 0.25) is 0 Å². The van der Waals surface area contributed by atoms with Crippen molar-refractivity contribution < 1.29 is 14.7 Å². The van der Waals surface area contributed by atoms with Crippen LogP contribution in [-0.2, 0) is 9.59 Å². The van der Waals surface area contributed by atoms with Gasteiger partial charge in [-0.15, -0.1) is 0 Å². The second kappa shape index (κ2) is 3.68. The number of aliphatic carboxylic acids is 1. The van der Waals surface area contributed by atoms with E-state index in [1.807, 2.05) is 6.07 Å². The van der Waals surface area contributed by atoms with Crippen molar-refractivity contribution in [3.63, 3.8) is 0 Å². The lowest BCUT2D eigenvalue weighted by atomic mass is 9.79. The molecule has 0 aliphatic carbocycles. The third-order valence-electron chi connectivity index (χ3n) is 3.81. The molecular formula is C12H11N3O3. The van der Waals surface area contributed by atoms with E-state index in [0.29, 0.717) is 18.5 Å². The summed E-state index contributed by atoms with van der Waals surface area (Å²) in [5.74, 6) is -1.04. The van der Waals surface area contributed by atoms with Gasteiger partial charge in [-0.3, -0.25) is 9.69 Å². The van der Waals surface area contributed by atoms with Gasteiger partial charge in [0.1, 0.15) is 11.7 Å². The van der Waals surface area contributed by atoms with Gasteiger partial charge in [0, 0.05) is 12.6 Å². The van der Waals surface area contributed by atoms with Gasteiger partial charge in [0.2, 0.25) is 5.91 Å². The Labute approximate surface area is 103 Å².